The largest absolute Gasteiger partial charge is 0.416 e. The summed E-state index contributed by atoms with van der Waals surface area (Å²) in [5.41, 5.74) is -0.598. The van der Waals surface area contributed by atoms with Crippen molar-refractivity contribution in [3.8, 4) is 0 Å². The highest BCUT2D eigenvalue weighted by molar-refractivity contribution is 5.85. The average Bonchev–Trinajstić information content (AvgIpc) is 3.29. The van der Waals surface area contributed by atoms with Crippen LogP contribution in [-0.4, -0.2) is 31.1 Å². The second kappa shape index (κ2) is 8.70. The van der Waals surface area contributed by atoms with Crippen LogP contribution in [0.5, 0.6) is 0 Å². The summed E-state index contributed by atoms with van der Waals surface area (Å²) < 4.78 is 53.3. The molecule has 1 aromatic rings. The molecule has 24 heavy (non-hydrogen) atoms. The lowest BCUT2D eigenvalue weighted by Gasteiger charge is -2.36. The molecule has 1 saturated heterocycles. The van der Waals surface area contributed by atoms with Gasteiger partial charge in [0.1, 0.15) is 5.82 Å². The van der Waals surface area contributed by atoms with E-state index >= 15 is 0 Å². The summed E-state index contributed by atoms with van der Waals surface area (Å²) in [7, 11) is 0. The molecule has 2 fully saturated rings. The van der Waals surface area contributed by atoms with Crippen LogP contribution >= 0.6 is 24.8 Å². The van der Waals surface area contributed by atoms with Gasteiger partial charge in [0.2, 0.25) is 0 Å². The first-order valence-electron chi connectivity index (χ1n) is 7.76. The van der Waals surface area contributed by atoms with Gasteiger partial charge in [0.25, 0.3) is 0 Å². The van der Waals surface area contributed by atoms with Crippen LogP contribution in [0, 0.1) is 11.7 Å². The lowest BCUT2D eigenvalue weighted by molar-refractivity contribution is -0.139. The van der Waals surface area contributed by atoms with E-state index in [9.17, 15) is 17.6 Å². The smallest absolute Gasteiger partial charge is 0.314 e. The quantitative estimate of drug-likeness (QED) is 0.767. The van der Waals surface area contributed by atoms with Crippen molar-refractivity contribution >= 4 is 24.8 Å². The molecule has 1 N–H and O–H groups in total. The molecule has 1 heterocycles. The highest BCUT2D eigenvalue weighted by atomic mass is 35.5. The molecule has 0 unspecified atom stereocenters. The number of piperazine rings is 1. The third-order valence-electron chi connectivity index (χ3n) is 4.53. The van der Waals surface area contributed by atoms with Crippen molar-refractivity contribution in [1.82, 2.24) is 10.2 Å². The van der Waals surface area contributed by atoms with Gasteiger partial charge in [0.15, 0.2) is 0 Å². The lowest BCUT2D eigenvalue weighted by Crippen LogP contribution is -2.45. The predicted octanol–water partition coefficient (Wildman–Crippen LogP) is 4.43. The summed E-state index contributed by atoms with van der Waals surface area (Å²) in [6.07, 6.45) is -1.61. The molecule has 0 spiro atoms. The molecule has 3 rings (SSSR count). The van der Waals surface area contributed by atoms with E-state index in [1.807, 2.05) is 0 Å². The molecule has 0 aromatic heterocycles. The maximum absolute atomic E-state index is 13.3. The number of hydrogen-bond acceptors (Lipinski definition) is 2. The van der Waals surface area contributed by atoms with Gasteiger partial charge in [-0.3, -0.25) is 4.90 Å². The van der Waals surface area contributed by atoms with Crippen molar-refractivity contribution < 1.29 is 17.6 Å². The number of nitrogens with zero attached hydrogens (tertiary/aromatic N) is 1. The van der Waals surface area contributed by atoms with Gasteiger partial charge in [0.05, 0.1) is 5.56 Å². The number of rotatable bonds is 4. The van der Waals surface area contributed by atoms with Gasteiger partial charge < -0.3 is 5.32 Å². The number of halogens is 6. The fraction of sp³-hybridized carbons (Fsp3) is 0.625. The molecule has 0 radical (unpaired) electrons. The molecule has 138 valence electrons. The van der Waals surface area contributed by atoms with E-state index in [0.29, 0.717) is 12.0 Å². The first kappa shape index (κ1) is 21.5. The minimum Gasteiger partial charge on any atom is -0.314 e. The third kappa shape index (κ3) is 5.22. The zero-order valence-electron chi connectivity index (χ0n) is 13.1. The molecule has 1 aliphatic heterocycles. The first-order chi connectivity index (χ1) is 10.4. The van der Waals surface area contributed by atoms with E-state index in [2.05, 4.69) is 10.2 Å². The number of hydrogen-bond donors (Lipinski definition) is 1. The van der Waals surface area contributed by atoms with Crippen LogP contribution < -0.4 is 5.32 Å². The van der Waals surface area contributed by atoms with Crippen molar-refractivity contribution in [3.05, 3.63) is 35.1 Å². The van der Waals surface area contributed by atoms with Gasteiger partial charge in [-0.05, 0) is 30.0 Å². The average molecular weight is 389 g/mol. The fourth-order valence-corrected chi connectivity index (χ4v) is 3.20. The molecule has 0 bridgehead atoms. The van der Waals surface area contributed by atoms with E-state index in [-0.39, 0.29) is 36.4 Å². The summed E-state index contributed by atoms with van der Waals surface area (Å²) >= 11 is 0. The lowest BCUT2D eigenvalue weighted by atomic mass is 9.93. The van der Waals surface area contributed by atoms with Gasteiger partial charge >= 0.3 is 6.18 Å². The Bertz CT molecular complexity index is 529. The molecular formula is C16H22Cl2F4N2. The van der Waals surface area contributed by atoms with Crippen molar-refractivity contribution in [2.45, 2.75) is 31.5 Å². The van der Waals surface area contributed by atoms with Gasteiger partial charge in [-0.2, -0.15) is 13.2 Å². The summed E-state index contributed by atoms with van der Waals surface area (Å²) in [6.45, 7) is 3.02. The molecule has 1 atom stereocenters. The van der Waals surface area contributed by atoms with Crippen molar-refractivity contribution in [2.75, 3.05) is 26.2 Å². The molecule has 1 aliphatic carbocycles. The molecule has 8 heteroatoms. The zero-order valence-corrected chi connectivity index (χ0v) is 14.7. The topological polar surface area (TPSA) is 15.3 Å². The van der Waals surface area contributed by atoms with Crippen LogP contribution in [0.3, 0.4) is 0 Å². The van der Waals surface area contributed by atoms with Crippen molar-refractivity contribution in [1.29, 1.82) is 0 Å². The number of nitrogens with one attached hydrogen (secondary N) is 1. The van der Waals surface area contributed by atoms with E-state index in [0.717, 1.165) is 51.5 Å². The van der Waals surface area contributed by atoms with E-state index in [4.69, 9.17) is 0 Å². The molecule has 0 amide bonds. The second-order valence-corrected chi connectivity index (χ2v) is 6.21. The Balaban J connectivity index is 0.00000144. The first-order valence-corrected chi connectivity index (χ1v) is 7.76. The van der Waals surface area contributed by atoms with Crippen LogP contribution in [-0.2, 0) is 6.18 Å². The van der Waals surface area contributed by atoms with Gasteiger partial charge in [-0.15, -0.1) is 24.8 Å². The molecular weight excluding hydrogens is 367 g/mol. The van der Waals surface area contributed by atoms with Crippen LogP contribution in [0.1, 0.15) is 36.4 Å². The van der Waals surface area contributed by atoms with Crippen LogP contribution in [0.25, 0.3) is 0 Å². The van der Waals surface area contributed by atoms with E-state index < -0.39 is 17.6 Å². The van der Waals surface area contributed by atoms with Gasteiger partial charge in [-0.1, -0.05) is 18.9 Å². The Morgan fingerprint density at radius 1 is 1.12 bits per heavy atom. The van der Waals surface area contributed by atoms with Gasteiger partial charge in [-0.25, -0.2) is 4.39 Å². The highest BCUT2D eigenvalue weighted by Gasteiger charge is 2.39. The minimum absolute atomic E-state index is 0. The minimum atomic E-state index is -4.52. The maximum atomic E-state index is 13.3. The number of benzene rings is 1. The summed E-state index contributed by atoms with van der Waals surface area (Å²) in [6, 6.07) is 2.84. The predicted molar refractivity (Wildman–Crippen MR) is 90.4 cm³/mol. The Morgan fingerprint density at radius 2 is 1.75 bits per heavy atom. The van der Waals surface area contributed by atoms with Crippen LogP contribution in [0.4, 0.5) is 17.6 Å². The van der Waals surface area contributed by atoms with Crippen molar-refractivity contribution in [2.24, 2.45) is 5.92 Å². The Kier molecular flexibility index (Phi) is 7.78. The second-order valence-electron chi connectivity index (χ2n) is 6.21. The Morgan fingerprint density at radius 3 is 2.29 bits per heavy atom. The Labute approximate surface area is 151 Å². The number of alkyl halides is 3. The van der Waals surface area contributed by atoms with E-state index in [1.54, 1.807) is 0 Å². The highest BCUT2D eigenvalue weighted by Crippen LogP contribution is 2.43. The van der Waals surface area contributed by atoms with Gasteiger partial charge in [0, 0.05) is 32.2 Å². The summed E-state index contributed by atoms with van der Waals surface area (Å²) in [5, 5.41) is 3.22. The van der Waals surface area contributed by atoms with E-state index in [1.165, 1.54) is 6.07 Å². The molecule has 2 aliphatic rings. The SMILES string of the molecule is Cl.Cl.Fc1ccc([C@@H](CC2CC2)N2CCNCC2)c(C(F)(F)F)c1. The Hall–Kier alpha value is -0.560. The van der Waals surface area contributed by atoms with Crippen LogP contribution in [0.2, 0.25) is 0 Å². The molecule has 2 nitrogen and oxygen atoms in total. The summed E-state index contributed by atoms with van der Waals surface area (Å²) in [4.78, 5) is 2.11. The molecule has 1 aromatic carbocycles. The monoisotopic (exact) mass is 388 g/mol. The molecule has 1 saturated carbocycles. The normalized spacial score (nSPS) is 20.0. The standard InChI is InChI=1S/C16H20F4N2.2ClH/c17-12-3-4-13(14(10-12)16(18,19)20)15(9-11-1-2-11)22-7-5-21-6-8-22;;/h3-4,10-11,15,21H,1-2,5-9H2;2*1H/t15-;;/m1../s1. The maximum Gasteiger partial charge on any atom is 0.416 e. The van der Waals surface area contributed by atoms with Crippen LogP contribution in [0.15, 0.2) is 18.2 Å². The fourth-order valence-electron chi connectivity index (χ4n) is 3.20. The summed E-state index contributed by atoms with van der Waals surface area (Å²) in [5.74, 6) is -0.326. The van der Waals surface area contributed by atoms with Crippen molar-refractivity contribution in [3.63, 3.8) is 0 Å². The zero-order chi connectivity index (χ0) is 15.7. The third-order valence-corrected chi connectivity index (χ3v) is 4.53.